The Kier molecular flexibility index (Phi) is 6.59. The monoisotopic (exact) mass is 422 g/mol. The van der Waals surface area contributed by atoms with Gasteiger partial charge in [-0.1, -0.05) is 26.0 Å². The lowest BCUT2D eigenvalue weighted by Gasteiger charge is -2.35. The Morgan fingerprint density at radius 1 is 1.07 bits per heavy atom. The smallest absolute Gasteiger partial charge is 0.435 e. The summed E-state index contributed by atoms with van der Waals surface area (Å²) in [5, 5.41) is 0. The van der Waals surface area contributed by atoms with Crippen LogP contribution in [0.4, 0.5) is 26.3 Å². The van der Waals surface area contributed by atoms with Crippen LogP contribution in [0, 0.1) is 0 Å². The van der Waals surface area contributed by atoms with E-state index in [1.54, 1.807) is 0 Å². The van der Waals surface area contributed by atoms with Gasteiger partial charge in [-0.15, -0.1) is 0 Å². The van der Waals surface area contributed by atoms with Crippen LogP contribution in [0.2, 0.25) is 0 Å². The van der Waals surface area contributed by atoms with Crippen molar-refractivity contribution >= 4 is 16.1 Å². The van der Waals surface area contributed by atoms with Gasteiger partial charge in [0.25, 0.3) is 10.1 Å². The lowest BCUT2D eigenvalue weighted by atomic mass is 9.97. The molecular formula is C15H16F6O5S. The topological polar surface area (TPSA) is 80.7 Å². The Morgan fingerprint density at radius 3 is 1.85 bits per heavy atom. The molecule has 0 saturated heterocycles. The van der Waals surface area contributed by atoms with E-state index in [0.29, 0.717) is 12.0 Å². The van der Waals surface area contributed by atoms with Crippen LogP contribution in [0.1, 0.15) is 42.1 Å². The van der Waals surface area contributed by atoms with Crippen LogP contribution in [0.15, 0.2) is 24.3 Å². The van der Waals surface area contributed by atoms with Gasteiger partial charge in [0.2, 0.25) is 0 Å². The molecule has 27 heavy (non-hydrogen) atoms. The van der Waals surface area contributed by atoms with Crippen molar-refractivity contribution in [1.29, 1.82) is 0 Å². The van der Waals surface area contributed by atoms with E-state index < -0.39 is 45.4 Å². The zero-order valence-electron chi connectivity index (χ0n) is 14.1. The molecule has 5 nitrogen and oxygen atoms in total. The van der Waals surface area contributed by atoms with Crippen LogP contribution >= 0.6 is 0 Å². The fourth-order valence-corrected chi connectivity index (χ4v) is 3.03. The van der Waals surface area contributed by atoms with Gasteiger partial charge in [0.1, 0.15) is 5.75 Å². The number of halogens is 6. The van der Waals surface area contributed by atoms with Crippen LogP contribution in [0.5, 0.6) is 0 Å². The predicted molar refractivity (Wildman–Crippen MR) is 81.8 cm³/mol. The zero-order valence-corrected chi connectivity index (χ0v) is 14.9. The first-order valence-electron chi connectivity index (χ1n) is 7.46. The average Bonchev–Trinajstić information content (AvgIpc) is 2.50. The van der Waals surface area contributed by atoms with Crippen molar-refractivity contribution in [2.45, 2.75) is 44.1 Å². The van der Waals surface area contributed by atoms with Crippen LogP contribution in [0.25, 0.3) is 0 Å². The Hall–Kier alpha value is -1.82. The quantitative estimate of drug-likeness (QED) is 0.424. The number of esters is 1. The van der Waals surface area contributed by atoms with Crippen LogP contribution < -0.4 is 0 Å². The number of benzene rings is 1. The maximum Gasteiger partial charge on any atom is 0.438 e. The summed E-state index contributed by atoms with van der Waals surface area (Å²) in [6, 6.07) is 4.59. The molecule has 1 unspecified atom stereocenters. The Morgan fingerprint density at radius 2 is 1.52 bits per heavy atom. The van der Waals surface area contributed by atoms with Crippen molar-refractivity contribution in [3.05, 3.63) is 35.4 Å². The Bertz CT molecular complexity index is 753. The normalized spacial score (nSPS) is 14.7. The summed E-state index contributed by atoms with van der Waals surface area (Å²) in [6.07, 6.45) is -12.0. The molecule has 0 amide bonds. The molecule has 0 saturated carbocycles. The standard InChI is InChI=1S/C15H16F6O5S/c1-3-9(2)10-4-6-11(7-5-10)12(22)26-13(14(16,17)18,15(19,20)21)8-27(23,24)25/h4-7,9H,3,8H2,1-2H3,(H,23,24,25). The third-order valence-electron chi connectivity index (χ3n) is 3.90. The molecule has 0 bridgehead atoms. The lowest BCUT2D eigenvalue weighted by molar-refractivity contribution is -0.356. The van der Waals surface area contributed by atoms with Crippen LogP contribution in [0.3, 0.4) is 0 Å². The predicted octanol–water partition coefficient (Wildman–Crippen LogP) is 4.11. The van der Waals surface area contributed by atoms with E-state index in [-0.39, 0.29) is 5.92 Å². The van der Waals surface area contributed by atoms with Gasteiger partial charge in [-0.25, -0.2) is 4.79 Å². The first-order chi connectivity index (χ1) is 12.0. The first-order valence-corrected chi connectivity index (χ1v) is 9.07. The highest BCUT2D eigenvalue weighted by Crippen LogP contribution is 2.47. The van der Waals surface area contributed by atoms with E-state index in [9.17, 15) is 39.6 Å². The second kappa shape index (κ2) is 7.66. The fraction of sp³-hybridized carbons (Fsp3) is 0.533. The van der Waals surface area contributed by atoms with Gasteiger partial charge in [-0.2, -0.15) is 34.8 Å². The van der Waals surface area contributed by atoms with Gasteiger partial charge in [-0.3, -0.25) is 4.55 Å². The molecule has 0 heterocycles. The molecule has 154 valence electrons. The maximum atomic E-state index is 13.1. The molecule has 0 aromatic heterocycles. The van der Waals surface area contributed by atoms with Crippen molar-refractivity contribution in [1.82, 2.24) is 0 Å². The summed E-state index contributed by atoms with van der Waals surface area (Å²) in [5.74, 6) is -4.92. The lowest BCUT2D eigenvalue weighted by Crippen LogP contribution is -2.63. The average molecular weight is 422 g/mol. The number of hydrogen-bond acceptors (Lipinski definition) is 4. The van der Waals surface area contributed by atoms with Gasteiger partial charge in [-0.05, 0) is 30.0 Å². The highest BCUT2D eigenvalue weighted by molar-refractivity contribution is 7.85. The molecule has 1 aromatic rings. The molecule has 0 aliphatic rings. The highest BCUT2D eigenvalue weighted by Gasteiger charge is 2.76. The molecule has 0 spiro atoms. The molecule has 0 aliphatic heterocycles. The third kappa shape index (κ3) is 5.34. The molecule has 0 aliphatic carbocycles. The number of hydrogen-bond donors (Lipinski definition) is 1. The molecule has 1 atom stereocenters. The second-order valence-corrected chi connectivity index (χ2v) is 7.32. The van der Waals surface area contributed by atoms with E-state index >= 15 is 0 Å². The summed E-state index contributed by atoms with van der Waals surface area (Å²) in [7, 11) is -5.81. The highest BCUT2D eigenvalue weighted by atomic mass is 32.2. The van der Waals surface area contributed by atoms with E-state index in [0.717, 1.165) is 12.1 Å². The van der Waals surface area contributed by atoms with Gasteiger partial charge < -0.3 is 4.74 Å². The summed E-state index contributed by atoms with van der Waals surface area (Å²) in [4.78, 5) is 11.9. The number of ether oxygens (including phenoxy) is 1. The minimum atomic E-state index is -6.35. The van der Waals surface area contributed by atoms with Gasteiger partial charge in [0.05, 0.1) is 5.56 Å². The maximum absolute atomic E-state index is 13.1. The molecule has 0 radical (unpaired) electrons. The fourth-order valence-electron chi connectivity index (χ4n) is 2.13. The molecule has 12 heteroatoms. The van der Waals surface area contributed by atoms with Gasteiger partial charge >= 0.3 is 23.9 Å². The van der Waals surface area contributed by atoms with E-state index in [1.807, 2.05) is 13.8 Å². The molecule has 0 fully saturated rings. The third-order valence-corrected chi connectivity index (χ3v) is 4.67. The molecule has 1 rings (SSSR count). The Balaban J connectivity index is 3.35. The van der Waals surface area contributed by atoms with E-state index in [1.165, 1.54) is 12.1 Å². The van der Waals surface area contributed by atoms with Crippen molar-refractivity contribution in [2.24, 2.45) is 0 Å². The molecule has 1 N–H and O–H groups in total. The second-order valence-electron chi connectivity index (χ2n) is 5.87. The van der Waals surface area contributed by atoms with Gasteiger partial charge in [0.15, 0.2) is 0 Å². The summed E-state index contributed by atoms with van der Waals surface area (Å²) < 4.78 is 112. The number of rotatable bonds is 6. The van der Waals surface area contributed by atoms with Gasteiger partial charge in [0, 0.05) is 0 Å². The van der Waals surface area contributed by atoms with Crippen LogP contribution in [-0.4, -0.2) is 42.6 Å². The number of alkyl halides is 6. The minimum Gasteiger partial charge on any atom is -0.435 e. The number of carbonyl (C=O) groups is 1. The molecular weight excluding hydrogens is 406 g/mol. The SMILES string of the molecule is CCC(C)c1ccc(C(=O)OC(CS(=O)(=O)O)(C(F)(F)F)C(F)(F)F)cc1. The van der Waals surface area contributed by atoms with Crippen molar-refractivity contribution in [3.8, 4) is 0 Å². The first kappa shape index (κ1) is 23.2. The van der Waals surface area contributed by atoms with Crippen molar-refractivity contribution in [2.75, 3.05) is 5.75 Å². The van der Waals surface area contributed by atoms with E-state index in [4.69, 9.17) is 4.55 Å². The largest absolute Gasteiger partial charge is 0.438 e. The summed E-state index contributed by atoms with van der Waals surface area (Å²) >= 11 is 0. The minimum absolute atomic E-state index is 0.0269. The summed E-state index contributed by atoms with van der Waals surface area (Å²) in [6.45, 7) is 3.67. The molecule has 1 aromatic carbocycles. The van der Waals surface area contributed by atoms with Crippen molar-refractivity contribution < 1.29 is 48.8 Å². The number of carbonyl (C=O) groups excluding carboxylic acids is 1. The Labute approximate surface area is 151 Å². The van der Waals surface area contributed by atoms with Crippen LogP contribution in [-0.2, 0) is 14.9 Å². The van der Waals surface area contributed by atoms with Crippen molar-refractivity contribution in [3.63, 3.8) is 0 Å². The summed E-state index contributed by atoms with van der Waals surface area (Å²) in [5.41, 5.74) is -5.37. The zero-order chi connectivity index (χ0) is 21.3. The van der Waals surface area contributed by atoms with E-state index in [2.05, 4.69) is 4.74 Å².